The molecule has 3 heterocycles. The molecule has 2 atom stereocenters. The van der Waals surface area contributed by atoms with Crippen molar-refractivity contribution in [1.82, 2.24) is 19.6 Å². The van der Waals surface area contributed by atoms with Crippen molar-refractivity contribution in [2.45, 2.75) is 50.5 Å². The summed E-state index contributed by atoms with van der Waals surface area (Å²) in [5.41, 5.74) is -0.152. The Bertz CT molecular complexity index is 969. The van der Waals surface area contributed by atoms with E-state index in [0.717, 1.165) is 12.1 Å². The summed E-state index contributed by atoms with van der Waals surface area (Å²) in [4.78, 5) is 29.4. The third-order valence-corrected chi connectivity index (χ3v) is 6.43. The van der Waals surface area contributed by atoms with Gasteiger partial charge in [0, 0.05) is 32.8 Å². The average molecular weight is 420 g/mol. The number of carbonyl (C=O) groups excluding carboxylic acids is 2. The third-order valence-electron chi connectivity index (χ3n) is 6.43. The fourth-order valence-electron chi connectivity index (χ4n) is 4.69. The zero-order valence-electron chi connectivity index (χ0n) is 16.8. The first-order valence-corrected chi connectivity index (χ1v) is 9.87. The minimum Gasteiger partial charge on any atom is -0.332 e. The Morgan fingerprint density at radius 2 is 1.93 bits per heavy atom. The summed E-state index contributed by atoms with van der Waals surface area (Å²) < 4.78 is 40.0. The summed E-state index contributed by atoms with van der Waals surface area (Å²) in [6.45, 7) is 2.70. The van der Waals surface area contributed by atoms with Crippen molar-refractivity contribution < 1.29 is 22.8 Å². The summed E-state index contributed by atoms with van der Waals surface area (Å²) in [6, 6.07) is 6.43. The van der Waals surface area contributed by atoms with Crippen LogP contribution in [0.4, 0.5) is 13.2 Å². The predicted molar refractivity (Wildman–Crippen MR) is 102 cm³/mol. The fourth-order valence-corrected chi connectivity index (χ4v) is 4.69. The van der Waals surface area contributed by atoms with E-state index in [2.05, 4.69) is 5.10 Å². The summed E-state index contributed by atoms with van der Waals surface area (Å²) in [5.74, 6) is -0.156. The van der Waals surface area contributed by atoms with E-state index in [1.165, 1.54) is 16.8 Å². The Hall–Kier alpha value is -2.84. The lowest BCUT2D eigenvalue weighted by Crippen LogP contribution is -2.60. The standard InChI is InChI=1S/C21H23F3N4O2/c1-20-10-12-27(19(30)16-9-11-25-26(16)2)17(20)7-8-18(29)28(20)13-14-3-5-15(6-4-14)21(22,23)24/h3-6,9,11,17H,7-8,10,12-13H2,1-2H3/t17-,20-/m0/s1. The molecular formula is C21H23F3N4O2. The maximum Gasteiger partial charge on any atom is 0.416 e. The SMILES string of the molecule is Cn1nccc1C(=O)N1CC[C@@]2(C)[C@@H]1CCC(=O)N2Cc1ccc(C(F)(F)F)cc1. The number of nitrogens with zero attached hydrogens (tertiary/aromatic N) is 4. The molecule has 0 spiro atoms. The van der Waals surface area contributed by atoms with Crippen LogP contribution in [0.3, 0.4) is 0 Å². The van der Waals surface area contributed by atoms with E-state index >= 15 is 0 Å². The Morgan fingerprint density at radius 3 is 2.53 bits per heavy atom. The number of hydrogen-bond acceptors (Lipinski definition) is 3. The number of halogens is 3. The van der Waals surface area contributed by atoms with Crippen LogP contribution in [-0.2, 0) is 24.6 Å². The van der Waals surface area contributed by atoms with E-state index in [4.69, 9.17) is 0 Å². The van der Waals surface area contributed by atoms with Crippen molar-refractivity contribution in [2.75, 3.05) is 6.54 Å². The van der Waals surface area contributed by atoms with Crippen molar-refractivity contribution in [3.8, 4) is 0 Å². The number of rotatable bonds is 3. The maximum absolute atomic E-state index is 13.1. The highest BCUT2D eigenvalue weighted by Crippen LogP contribution is 2.42. The second-order valence-electron chi connectivity index (χ2n) is 8.17. The van der Waals surface area contributed by atoms with Crippen LogP contribution in [-0.4, -0.2) is 49.5 Å². The van der Waals surface area contributed by atoms with Gasteiger partial charge in [-0.2, -0.15) is 18.3 Å². The minimum absolute atomic E-state index is 0.0384. The highest BCUT2D eigenvalue weighted by Gasteiger charge is 2.53. The van der Waals surface area contributed by atoms with Gasteiger partial charge in [-0.25, -0.2) is 0 Å². The third kappa shape index (κ3) is 3.36. The molecule has 0 unspecified atom stereocenters. The normalized spacial score (nSPS) is 24.3. The van der Waals surface area contributed by atoms with Gasteiger partial charge >= 0.3 is 6.18 Å². The number of likely N-dealkylation sites (tertiary alicyclic amines) is 2. The first-order valence-electron chi connectivity index (χ1n) is 9.87. The first kappa shape index (κ1) is 20.4. The predicted octanol–water partition coefficient (Wildman–Crippen LogP) is 3.23. The van der Waals surface area contributed by atoms with E-state index in [9.17, 15) is 22.8 Å². The van der Waals surface area contributed by atoms with Crippen LogP contribution < -0.4 is 0 Å². The monoisotopic (exact) mass is 420 g/mol. The summed E-state index contributed by atoms with van der Waals surface area (Å²) in [6.07, 6.45) is -1.33. The maximum atomic E-state index is 13.1. The van der Waals surface area contributed by atoms with Gasteiger partial charge in [0.2, 0.25) is 5.91 Å². The molecule has 0 saturated carbocycles. The number of aromatic nitrogens is 2. The molecule has 2 amide bonds. The van der Waals surface area contributed by atoms with Crippen LogP contribution in [0.25, 0.3) is 0 Å². The van der Waals surface area contributed by atoms with E-state index in [-0.39, 0.29) is 24.4 Å². The largest absolute Gasteiger partial charge is 0.416 e. The Kier molecular flexibility index (Phi) is 4.86. The molecule has 4 rings (SSSR count). The molecule has 2 fully saturated rings. The van der Waals surface area contributed by atoms with Crippen LogP contribution in [0.5, 0.6) is 0 Å². The van der Waals surface area contributed by atoms with E-state index in [1.807, 2.05) is 11.8 Å². The molecule has 2 aromatic rings. The lowest BCUT2D eigenvalue weighted by Gasteiger charge is -2.47. The number of alkyl halides is 3. The van der Waals surface area contributed by atoms with Crippen molar-refractivity contribution in [2.24, 2.45) is 7.05 Å². The lowest BCUT2D eigenvalue weighted by molar-refractivity contribution is -0.144. The van der Waals surface area contributed by atoms with Crippen LogP contribution in [0.2, 0.25) is 0 Å². The van der Waals surface area contributed by atoms with Gasteiger partial charge in [0.15, 0.2) is 0 Å². The van der Waals surface area contributed by atoms with Gasteiger partial charge in [0.25, 0.3) is 5.91 Å². The molecule has 2 saturated heterocycles. The fraction of sp³-hybridized carbons (Fsp3) is 0.476. The van der Waals surface area contributed by atoms with Crippen molar-refractivity contribution in [3.05, 3.63) is 53.3 Å². The molecule has 0 aliphatic carbocycles. The van der Waals surface area contributed by atoms with Crippen LogP contribution in [0, 0.1) is 0 Å². The zero-order chi connectivity index (χ0) is 21.7. The molecule has 0 N–H and O–H groups in total. The van der Waals surface area contributed by atoms with Crippen molar-refractivity contribution in [1.29, 1.82) is 0 Å². The molecule has 9 heteroatoms. The highest BCUT2D eigenvalue weighted by molar-refractivity contribution is 5.93. The molecule has 0 radical (unpaired) electrons. The second kappa shape index (κ2) is 7.14. The number of benzene rings is 1. The van der Waals surface area contributed by atoms with Gasteiger partial charge in [-0.05, 0) is 43.5 Å². The van der Waals surface area contributed by atoms with Crippen molar-refractivity contribution in [3.63, 3.8) is 0 Å². The number of amides is 2. The van der Waals surface area contributed by atoms with Gasteiger partial charge < -0.3 is 9.80 Å². The highest BCUT2D eigenvalue weighted by atomic mass is 19.4. The topological polar surface area (TPSA) is 58.4 Å². The number of fused-ring (bicyclic) bond motifs is 1. The number of carbonyl (C=O) groups is 2. The molecular weight excluding hydrogens is 397 g/mol. The number of piperidine rings is 1. The van der Waals surface area contributed by atoms with Crippen molar-refractivity contribution >= 4 is 11.8 Å². The smallest absolute Gasteiger partial charge is 0.332 e. The molecule has 1 aromatic carbocycles. The lowest BCUT2D eigenvalue weighted by atomic mass is 9.83. The van der Waals surface area contributed by atoms with Gasteiger partial charge in [0.05, 0.1) is 17.1 Å². The quantitative estimate of drug-likeness (QED) is 0.766. The van der Waals surface area contributed by atoms with Crippen LogP contribution in [0.1, 0.15) is 47.8 Å². The minimum atomic E-state index is -4.39. The number of hydrogen-bond donors (Lipinski definition) is 0. The summed E-state index contributed by atoms with van der Waals surface area (Å²) in [5, 5.41) is 4.06. The second-order valence-corrected chi connectivity index (χ2v) is 8.17. The molecule has 160 valence electrons. The van der Waals surface area contributed by atoms with Gasteiger partial charge in [-0.1, -0.05) is 12.1 Å². The molecule has 2 aliphatic heterocycles. The molecule has 30 heavy (non-hydrogen) atoms. The Morgan fingerprint density at radius 1 is 1.23 bits per heavy atom. The first-order chi connectivity index (χ1) is 14.1. The van der Waals surface area contributed by atoms with Gasteiger partial charge in [-0.15, -0.1) is 0 Å². The van der Waals surface area contributed by atoms with Crippen LogP contribution in [0.15, 0.2) is 36.5 Å². The molecule has 2 aliphatic rings. The van der Waals surface area contributed by atoms with Gasteiger partial charge in [-0.3, -0.25) is 14.3 Å². The Balaban J connectivity index is 1.57. The average Bonchev–Trinajstić information content (AvgIpc) is 3.27. The van der Waals surface area contributed by atoms with E-state index in [0.29, 0.717) is 37.1 Å². The number of aryl methyl sites for hydroxylation is 1. The van der Waals surface area contributed by atoms with Gasteiger partial charge in [0.1, 0.15) is 5.69 Å². The van der Waals surface area contributed by atoms with E-state index in [1.54, 1.807) is 24.2 Å². The molecule has 6 nitrogen and oxygen atoms in total. The molecule has 0 bridgehead atoms. The zero-order valence-corrected chi connectivity index (χ0v) is 16.8. The summed E-state index contributed by atoms with van der Waals surface area (Å²) in [7, 11) is 1.71. The Labute approximate surface area is 172 Å². The summed E-state index contributed by atoms with van der Waals surface area (Å²) >= 11 is 0. The van der Waals surface area contributed by atoms with Crippen LogP contribution >= 0.6 is 0 Å². The van der Waals surface area contributed by atoms with E-state index < -0.39 is 17.3 Å². The molecule has 1 aromatic heterocycles.